The van der Waals surface area contributed by atoms with Crippen molar-refractivity contribution in [3.05, 3.63) is 76.2 Å². The van der Waals surface area contributed by atoms with Gasteiger partial charge in [0.15, 0.2) is 17.0 Å². The number of furan rings is 1. The molecule has 0 aliphatic rings. The smallest absolute Gasteiger partial charge is 0.433 e. The van der Waals surface area contributed by atoms with E-state index in [0.717, 1.165) is 17.2 Å². The van der Waals surface area contributed by atoms with E-state index in [0.29, 0.717) is 17.1 Å². The molecule has 3 heterocycles. The van der Waals surface area contributed by atoms with Gasteiger partial charge in [-0.1, -0.05) is 12.1 Å². The van der Waals surface area contributed by atoms with E-state index in [-0.39, 0.29) is 12.3 Å². The van der Waals surface area contributed by atoms with Gasteiger partial charge in [0.25, 0.3) is 5.91 Å². The summed E-state index contributed by atoms with van der Waals surface area (Å²) in [4.78, 5) is 30.3. The van der Waals surface area contributed by atoms with Crippen molar-refractivity contribution in [2.24, 2.45) is 0 Å². The van der Waals surface area contributed by atoms with Crippen LogP contribution in [0.5, 0.6) is 0 Å². The lowest BCUT2D eigenvalue weighted by Gasteiger charge is -2.04. The minimum atomic E-state index is -0.697. The van der Waals surface area contributed by atoms with E-state index in [1.807, 2.05) is 24.3 Å². The molecule has 0 unspecified atom stereocenters. The summed E-state index contributed by atoms with van der Waals surface area (Å²) in [5, 5.41) is 13.2. The highest BCUT2D eigenvalue weighted by molar-refractivity contribution is 5.91. The Morgan fingerprint density at radius 3 is 2.63 bits per heavy atom. The van der Waals surface area contributed by atoms with Crippen molar-refractivity contribution in [3.8, 4) is 11.5 Å². The zero-order valence-corrected chi connectivity index (χ0v) is 13.8. The molecule has 0 atom stereocenters. The van der Waals surface area contributed by atoms with Crippen LogP contribution in [-0.4, -0.2) is 20.8 Å². The predicted octanol–water partition coefficient (Wildman–Crippen LogP) is 3.32. The van der Waals surface area contributed by atoms with Crippen LogP contribution in [0.4, 0.5) is 5.88 Å². The van der Waals surface area contributed by atoms with E-state index in [9.17, 15) is 14.9 Å². The molecule has 27 heavy (non-hydrogen) atoms. The van der Waals surface area contributed by atoms with Crippen LogP contribution in [0.15, 0.2) is 63.6 Å². The molecular formula is C18H12N4O5. The van der Waals surface area contributed by atoms with E-state index in [4.69, 9.17) is 8.83 Å². The van der Waals surface area contributed by atoms with Crippen LogP contribution in [0.1, 0.15) is 16.1 Å². The molecule has 1 aromatic carbocycles. The fraction of sp³-hybridized carbons (Fsp3) is 0.0556. The van der Waals surface area contributed by atoms with Crippen LogP contribution in [-0.2, 0) is 6.54 Å². The first-order valence-electron chi connectivity index (χ1n) is 7.93. The lowest BCUT2D eigenvalue weighted by molar-refractivity contribution is -0.402. The third-order valence-electron chi connectivity index (χ3n) is 3.81. The van der Waals surface area contributed by atoms with E-state index in [1.165, 1.54) is 6.07 Å². The highest BCUT2D eigenvalue weighted by atomic mass is 16.6. The third-order valence-corrected chi connectivity index (χ3v) is 3.81. The monoisotopic (exact) mass is 364 g/mol. The summed E-state index contributed by atoms with van der Waals surface area (Å²) in [6, 6.07) is 13.3. The highest BCUT2D eigenvalue weighted by Crippen LogP contribution is 2.23. The molecule has 0 saturated carbocycles. The SMILES string of the molecule is O=C(NCc1ccc(-c2nc3ncccc3o2)cc1)c1ccc([N+](=O)[O-])o1. The number of rotatable bonds is 5. The first kappa shape index (κ1) is 16.5. The van der Waals surface area contributed by atoms with Crippen LogP contribution in [0.25, 0.3) is 22.7 Å². The maximum Gasteiger partial charge on any atom is 0.433 e. The van der Waals surface area contributed by atoms with Crippen LogP contribution < -0.4 is 5.32 Å². The normalized spacial score (nSPS) is 10.8. The molecule has 0 radical (unpaired) electrons. The van der Waals surface area contributed by atoms with Gasteiger partial charge in [-0.15, -0.1) is 0 Å². The van der Waals surface area contributed by atoms with Crippen molar-refractivity contribution in [1.29, 1.82) is 0 Å². The fourth-order valence-electron chi connectivity index (χ4n) is 2.47. The van der Waals surface area contributed by atoms with Crippen LogP contribution in [0.2, 0.25) is 0 Å². The average molecular weight is 364 g/mol. The van der Waals surface area contributed by atoms with Crippen molar-refractivity contribution in [1.82, 2.24) is 15.3 Å². The van der Waals surface area contributed by atoms with Gasteiger partial charge in [-0.3, -0.25) is 14.9 Å². The Labute approximate surface area is 151 Å². The Morgan fingerprint density at radius 2 is 1.93 bits per heavy atom. The number of aromatic nitrogens is 2. The number of oxazole rings is 1. The van der Waals surface area contributed by atoms with Crippen molar-refractivity contribution in [2.75, 3.05) is 0 Å². The van der Waals surface area contributed by atoms with Gasteiger partial charge in [0.1, 0.15) is 4.92 Å². The van der Waals surface area contributed by atoms with Gasteiger partial charge < -0.3 is 14.2 Å². The summed E-state index contributed by atoms with van der Waals surface area (Å²) >= 11 is 0. The number of nitrogens with zero attached hydrogens (tertiary/aromatic N) is 3. The molecule has 9 nitrogen and oxygen atoms in total. The summed E-state index contributed by atoms with van der Waals surface area (Å²) in [5.41, 5.74) is 2.76. The predicted molar refractivity (Wildman–Crippen MR) is 93.8 cm³/mol. The molecule has 0 aliphatic heterocycles. The largest absolute Gasteiger partial charge is 0.434 e. The summed E-state index contributed by atoms with van der Waals surface area (Å²) in [6.07, 6.45) is 1.65. The molecule has 1 N–H and O–H groups in total. The summed E-state index contributed by atoms with van der Waals surface area (Å²) in [5.74, 6) is -0.658. The van der Waals surface area contributed by atoms with Gasteiger partial charge in [-0.2, -0.15) is 4.98 Å². The molecule has 0 spiro atoms. The molecule has 4 aromatic rings. The first-order chi connectivity index (χ1) is 13.1. The van der Waals surface area contributed by atoms with Crippen molar-refractivity contribution in [3.63, 3.8) is 0 Å². The highest BCUT2D eigenvalue weighted by Gasteiger charge is 2.17. The van der Waals surface area contributed by atoms with Crippen LogP contribution in [0, 0.1) is 10.1 Å². The number of benzene rings is 1. The summed E-state index contributed by atoms with van der Waals surface area (Å²) in [6.45, 7) is 0.239. The molecule has 1 amide bonds. The average Bonchev–Trinajstić information content (AvgIpc) is 3.33. The number of pyridine rings is 1. The number of carbonyl (C=O) groups excluding carboxylic acids is 1. The Hall–Kier alpha value is -4.01. The topological polar surface area (TPSA) is 124 Å². The third kappa shape index (κ3) is 3.38. The number of nitrogens with one attached hydrogen (secondary N) is 1. The second kappa shape index (κ2) is 6.71. The maximum atomic E-state index is 12.0. The van der Waals surface area contributed by atoms with Gasteiger partial charge >= 0.3 is 5.88 Å². The summed E-state index contributed by atoms with van der Waals surface area (Å²) in [7, 11) is 0. The van der Waals surface area contributed by atoms with Crippen LogP contribution in [0.3, 0.4) is 0 Å². The van der Waals surface area contributed by atoms with Gasteiger partial charge in [0, 0.05) is 18.3 Å². The Kier molecular flexibility index (Phi) is 4.09. The Balaban J connectivity index is 1.43. The Morgan fingerprint density at radius 1 is 1.11 bits per heavy atom. The number of hydrogen-bond acceptors (Lipinski definition) is 7. The molecule has 134 valence electrons. The Bertz CT molecular complexity index is 1100. The first-order valence-corrected chi connectivity index (χ1v) is 7.93. The molecule has 0 saturated heterocycles. The lowest BCUT2D eigenvalue weighted by atomic mass is 10.1. The van der Waals surface area contributed by atoms with Crippen molar-refractivity contribution in [2.45, 2.75) is 6.54 Å². The minimum Gasteiger partial charge on any atom is -0.434 e. The molecule has 0 aliphatic carbocycles. The minimum absolute atomic E-state index is 0.114. The maximum absolute atomic E-state index is 12.0. The number of nitro groups is 1. The van der Waals surface area contributed by atoms with Gasteiger partial charge in [0.2, 0.25) is 5.89 Å². The van der Waals surface area contributed by atoms with E-state index in [2.05, 4.69) is 15.3 Å². The molecule has 0 bridgehead atoms. The molecule has 9 heteroatoms. The standard InChI is InChI=1S/C18H12N4O5/c23-17(14-7-8-15(26-14)22(24)25)20-10-11-3-5-12(6-4-11)18-21-16-13(27-18)2-1-9-19-16/h1-9H,10H2,(H,20,23). The fourth-order valence-corrected chi connectivity index (χ4v) is 2.47. The van der Waals surface area contributed by atoms with E-state index >= 15 is 0 Å². The lowest BCUT2D eigenvalue weighted by Crippen LogP contribution is -2.22. The van der Waals surface area contributed by atoms with Crippen LogP contribution >= 0.6 is 0 Å². The molecule has 4 rings (SSSR count). The van der Waals surface area contributed by atoms with E-state index < -0.39 is 16.7 Å². The number of fused-ring (bicyclic) bond motifs is 1. The molecular weight excluding hydrogens is 352 g/mol. The summed E-state index contributed by atoms with van der Waals surface area (Å²) < 4.78 is 10.5. The quantitative estimate of drug-likeness (QED) is 0.425. The van der Waals surface area contributed by atoms with Crippen molar-refractivity contribution >= 4 is 23.0 Å². The second-order valence-electron chi connectivity index (χ2n) is 5.62. The second-order valence-corrected chi connectivity index (χ2v) is 5.62. The number of amides is 1. The van der Waals surface area contributed by atoms with E-state index in [1.54, 1.807) is 18.3 Å². The molecule has 3 aromatic heterocycles. The zero-order chi connectivity index (χ0) is 18.8. The number of hydrogen-bond donors (Lipinski definition) is 1. The molecule has 0 fully saturated rings. The van der Waals surface area contributed by atoms with Gasteiger partial charge in [-0.05, 0) is 35.9 Å². The van der Waals surface area contributed by atoms with Gasteiger partial charge in [0.05, 0.1) is 6.07 Å². The van der Waals surface area contributed by atoms with Crippen molar-refractivity contribution < 1.29 is 18.6 Å². The number of carbonyl (C=O) groups is 1. The zero-order valence-electron chi connectivity index (χ0n) is 13.8. The van der Waals surface area contributed by atoms with Gasteiger partial charge in [-0.25, -0.2) is 4.98 Å².